The van der Waals surface area contributed by atoms with Crippen LogP contribution in [0.2, 0.25) is 0 Å². The molecule has 1 amide bonds. The predicted octanol–water partition coefficient (Wildman–Crippen LogP) is 2.21. The summed E-state index contributed by atoms with van der Waals surface area (Å²) in [6.07, 6.45) is 10.0. The van der Waals surface area contributed by atoms with Crippen LogP contribution >= 0.6 is 0 Å². The molecule has 1 aliphatic heterocycles. The summed E-state index contributed by atoms with van der Waals surface area (Å²) in [5, 5.41) is 6.51. The molecule has 0 aromatic carbocycles. The summed E-state index contributed by atoms with van der Waals surface area (Å²) in [7, 11) is 0. The van der Waals surface area contributed by atoms with Gasteiger partial charge in [-0.05, 0) is 44.4 Å². The fourth-order valence-electron chi connectivity index (χ4n) is 3.24. The van der Waals surface area contributed by atoms with Crippen LogP contribution < -0.4 is 10.6 Å². The molecule has 2 N–H and O–H groups in total. The number of hydrogen-bond donors (Lipinski definition) is 2. The molecule has 1 aliphatic carbocycles. The van der Waals surface area contributed by atoms with Gasteiger partial charge in [0, 0.05) is 12.6 Å². The first-order chi connectivity index (χ1) is 8.29. The molecule has 1 atom stereocenters. The monoisotopic (exact) mass is 238 g/mol. The molecule has 0 spiro atoms. The van der Waals surface area contributed by atoms with Crippen molar-refractivity contribution in [2.75, 3.05) is 6.54 Å². The second kappa shape index (κ2) is 6.39. The Morgan fingerprint density at radius 1 is 1.24 bits per heavy atom. The molecule has 0 unspecified atom stereocenters. The summed E-state index contributed by atoms with van der Waals surface area (Å²) in [4.78, 5) is 11.7. The Labute approximate surface area is 105 Å². The van der Waals surface area contributed by atoms with Gasteiger partial charge in [0.2, 0.25) is 5.91 Å². The van der Waals surface area contributed by atoms with E-state index in [1.54, 1.807) is 0 Å². The van der Waals surface area contributed by atoms with Gasteiger partial charge in [0.1, 0.15) is 0 Å². The van der Waals surface area contributed by atoms with Crippen LogP contribution in [0.25, 0.3) is 0 Å². The van der Waals surface area contributed by atoms with Crippen LogP contribution in [0.4, 0.5) is 0 Å². The first kappa shape index (κ1) is 12.9. The topological polar surface area (TPSA) is 41.1 Å². The fourth-order valence-corrected chi connectivity index (χ4v) is 3.24. The maximum absolute atomic E-state index is 11.7. The van der Waals surface area contributed by atoms with Gasteiger partial charge in [0.05, 0.1) is 6.04 Å². The van der Waals surface area contributed by atoms with Gasteiger partial charge in [-0.2, -0.15) is 0 Å². The zero-order valence-corrected chi connectivity index (χ0v) is 11.0. The lowest BCUT2D eigenvalue weighted by Gasteiger charge is -2.33. The number of piperidine rings is 1. The van der Waals surface area contributed by atoms with E-state index in [0.29, 0.717) is 6.04 Å². The Balaban J connectivity index is 1.72. The van der Waals surface area contributed by atoms with E-state index in [2.05, 4.69) is 17.6 Å². The highest BCUT2D eigenvalue weighted by molar-refractivity contribution is 5.82. The van der Waals surface area contributed by atoms with Gasteiger partial charge in [-0.15, -0.1) is 0 Å². The van der Waals surface area contributed by atoms with Crippen molar-refractivity contribution in [3.05, 3.63) is 0 Å². The molecule has 2 rings (SSSR count). The maximum Gasteiger partial charge on any atom is 0.237 e. The zero-order chi connectivity index (χ0) is 12.1. The van der Waals surface area contributed by atoms with Crippen LogP contribution in [0, 0.1) is 5.92 Å². The second-order valence-corrected chi connectivity index (χ2v) is 5.66. The number of carbonyl (C=O) groups is 1. The highest BCUT2D eigenvalue weighted by Gasteiger charge is 2.27. The van der Waals surface area contributed by atoms with Crippen molar-refractivity contribution >= 4 is 5.91 Å². The van der Waals surface area contributed by atoms with Gasteiger partial charge in [-0.3, -0.25) is 4.79 Å². The Bertz CT molecular complexity index is 247. The summed E-state index contributed by atoms with van der Waals surface area (Å²) < 4.78 is 0. The Hall–Kier alpha value is -0.570. The number of rotatable bonds is 4. The highest BCUT2D eigenvalue weighted by atomic mass is 16.2. The summed E-state index contributed by atoms with van der Waals surface area (Å²) in [6, 6.07) is 0.661. The van der Waals surface area contributed by atoms with Crippen molar-refractivity contribution in [1.82, 2.24) is 10.6 Å². The normalized spacial score (nSPS) is 34.4. The van der Waals surface area contributed by atoms with Gasteiger partial charge in [-0.1, -0.05) is 19.8 Å². The lowest BCUT2D eigenvalue weighted by Crippen LogP contribution is -2.52. The molecule has 0 aromatic rings. The molecule has 0 radical (unpaired) electrons. The predicted molar refractivity (Wildman–Crippen MR) is 69.8 cm³/mol. The molecule has 17 heavy (non-hydrogen) atoms. The van der Waals surface area contributed by atoms with Crippen molar-refractivity contribution < 1.29 is 4.79 Å². The molecular formula is C14H26N2O. The molecule has 2 aliphatic rings. The van der Waals surface area contributed by atoms with E-state index < -0.39 is 0 Å². The lowest BCUT2D eigenvalue weighted by atomic mass is 9.83. The standard InChI is InChI=1S/C14H26N2O/c1-2-4-11-6-8-12(9-7-11)16-13-5-3-10-15-14(13)17/h11-13,16H,2-10H2,1H3,(H,15,17)/t11?,12?,13-/m0/s1. The molecule has 98 valence electrons. The van der Waals surface area contributed by atoms with Gasteiger partial charge in [-0.25, -0.2) is 0 Å². The maximum atomic E-state index is 11.7. The summed E-state index contributed by atoms with van der Waals surface area (Å²) >= 11 is 0. The minimum atomic E-state index is 0.0801. The Kier molecular flexibility index (Phi) is 4.84. The van der Waals surface area contributed by atoms with E-state index in [1.807, 2.05) is 0 Å². The van der Waals surface area contributed by atoms with Crippen molar-refractivity contribution in [2.45, 2.75) is 70.4 Å². The van der Waals surface area contributed by atoms with Crippen molar-refractivity contribution in [3.63, 3.8) is 0 Å². The number of nitrogens with one attached hydrogen (secondary N) is 2. The highest BCUT2D eigenvalue weighted by Crippen LogP contribution is 2.28. The fraction of sp³-hybridized carbons (Fsp3) is 0.929. The average molecular weight is 238 g/mol. The van der Waals surface area contributed by atoms with Crippen LogP contribution in [0.1, 0.15) is 58.3 Å². The van der Waals surface area contributed by atoms with Crippen LogP contribution in [0.5, 0.6) is 0 Å². The number of amides is 1. The third kappa shape index (κ3) is 3.70. The van der Waals surface area contributed by atoms with Crippen LogP contribution in [0.15, 0.2) is 0 Å². The summed E-state index contributed by atoms with van der Waals surface area (Å²) in [5.74, 6) is 1.16. The molecular weight excluding hydrogens is 212 g/mol. The average Bonchev–Trinajstić information content (AvgIpc) is 2.35. The van der Waals surface area contributed by atoms with Crippen LogP contribution in [-0.2, 0) is 4.79 Å². The molecule has 0 bridgehead atoms. The molecule has 1 heterocycles. The van der Waals surface area contributed by atoms with Gasteiger partial charge in [0.25, 0.3) is 0 Å². The van der Waals surface area contributed by atoms with Crippen molar-refractivity contribution in [1.29, 1.82) is 0 Å². The largest absolute Gasteiger partial charge is 0.355 e. The van der Waals surface area contributed by atoms with E-state index in [-0.39, 0.29) is 11.9 Å². The SMILES string of the molecule is CCCC1CCC(N[C@H]2CCCNC2=O)CC1. The van der Waals surface area contributed by atoms with E-state index in [1.165, 1.54) is 38.5 Å². The summed E-state index contributed by atoms with van der Waals surface area (Å²) in [5.41, 5.74) is 0. The lowest BCUT2D eigenvalue weighted by molar-refractivity contribution is -0.124. The van der Waals surface area contributed by atoms with Gasteiger partial charge in [0.15, 0.2) is 0 Å². The molecule has 2 fully saturated rings. The molecule has 1 saturated heterocycles. The molecule has 3 heteroatoms. The second-order valence-electron chi connectivity index (χ2n) is 5.66. The third-order valence-corrected chi connectivity index (χ3v) is 4.27. The Morgan fingerprint density at radius 2 is 2.00 bits per heavy atom. The van der Waals surface area contributed by atoms with Crippen LogP contribution in [-0.4, -0.2) is 24.5 Å². The van der Waals surface area contributed by atoms with E-state index in [0.717, 1.165) is 25.3 Å². The minimum absolute atomic E-state index is 0.0801. The van der Waals surface area contributed by atoms with E-state index in [4.69, 9.17) is 0 Å². The Morgan fingerprint density at radius 3 is 2.65 bits per heavy atom. The van der Waals surface area contributed by atoms with Crippen LogP contribution in [0.3, 0.4) is 0 Å². The first-order valence-corrected chi connectivity index (χ1v) is 7.33. The first-order valence-electron chi connectivity index (χ1n) is 7.33. The van der Waals surface area contributed by atoms with E-state index in [9.17, 15) is 4.79 Å². The minimum Gasteiger partial charge on any atom is -0.355 e. The number of carbonyl (C=O) groups excluding carboxylic acids is 1. The summed E-state index contributed by atoms with van der Waals surface area (Å²) in [6.45, 7) is 3.14. The van der Waals surface area contributed by atoms with Crippen molar-refractivity contribution in [2.24, 2.45) is 5.92 Å². The third-order valence-electron chi connectivity index (χ3n) is 4.27. The zero-order valence-electron chi connectivity index (χ0n) is 11.0. The molecule has 3 nitrogen and oxygen atoms in total. The molecule has 1 saturated carbocycles. The van der Waals surface area contributed by atoms with Gasteiger partial charge < -0.3 is 10.6 Å². The molecule has 0 aromatic heterocycles. The number of hydrogen-bond acceptors (Lipinski definition) is 2. The quantitative estimate of drug-likeness (QED) is 0.788. The van der Waals surface area contributed by atoms with E-state index >= 15 is 0 Å². The van der Waals surface area contributed by atoms with Crippen molar-refractivity contribution in [3.8, 4) is 0 Å². The van der Waals surface area contributed by atoms with Gasteiger partial charge >= 0.3 is 0 Å². The smallest absolute Gasteiger partial charge is 0.237 e.